The summed E-state index contributed by atoms with van der Waals surface area (Å²) < 4.78 is 39.4. The highest BCUT2D eigenvalue weighted by Crippen LogP contribution is 2.24. The normalized spacial score (nSPS) is 15.4. The lowest BCUT2D eigenvalue weighted by molar-refractivity contribution is -0.141. The average molecular weight is 405 g/mol. The Kier molecular flexibility index (Phi) is 5.94. The van der Waals surface area contributed by atoms with Gasteiger partial charge in [0.2, 0.25) is 0 Å². The minimum atomic E-state index is -4.33. The van der Waals surface area contributed by atoms with E-state index < -0.39 is 12.7 Å². The Hall–Kier alpha value is -2.86. The fourth-order valence-electron chi connectivity index (χ4n) is 3.65. The lowest BCUT2D eigenvalue weighted by Gasteiger charge is -2.35. The summed E-state index contributed by atoms with van der Waals surface area (Å²) in [6.45, 7) is 4.63. The van der Waals surface area contributed by atoms with Gasteiger partial charge in [0.05, 0.1) is 12.1 Å². The van der Waals surface area contributed by atoms with Gasteiger partial charge >= 0.3 is 6.18 Å². The predicted molar refractivity (Wildman–Crippen MR) is 102 cm³/mol. The van der Waals surface area contributed by atoms with Gasteiger partial charge < -0.3 is 9.47 Å². The van der Waals surface area contributed by atoms with Crippen LogP contribution in [0.3, 0.4) is 0 Å². The van der Waals surface area contributed by atoms with Gasteiger partial charge in [0.15, 0.2) is 5.78 Å². The maximum absolute atomic E-state index is 12.8. The topological polar surface area (TPSA) is 65.2 Å². The van der Waals surface area contributed by atoms with Crippen LogP contribution in [0.5, 0.6) is 0 Å². The molecule has 0 amide bonds. The van der Waals surface area contributed by atoms with Crippen LogP contribution < -0.4 is 4.90 Å². The highest BCUT2D eigenvalue weighted by molar-refractivity contribution is 5.99. The number of alkyl halides is 3. The molecule has 0 bridgehead atoms. The van der Waals surface area contributed by atoms with Gasteiger partial charge in [-0.3, -0.25) is 9.69 Å². The van der Waals surface area contributed by atoms with Crippen molar-refractivity contribution in [1.29, 1.82) is 5.26 Å². The van der Waals surface area contributed by atoms with Crippen LogP contribution in [0.15, 0.2) is 24.4 Å². The second-order valence-electron chi connectivity index (χ2n) is 7.16. The molecule has 2 aromatic rings. The van der Waals surface area contributed by atoms with E-state index >= 15 is 0 Å². The molecule has 0 unspecified atom stereocenters. The SMILES string of the molecule is Cc1cc(C(=O)CN2CCN(c3ncccc3C#N)CC2)c(C)n1CC(F)(F)F. The number of Topliss-reactive ketones (excluding diaryl/α,β-unsaturated/α-hetero) is 1. The van der Waals surface area contributed by atoms with E-state index in [4.69, 9.17) is 0 Å². The van der Waals surface area contributed by atoms with E-state index in [0.717, 1.165) is 4.57 Å². The average Bonchev–Trinajstić information content (AvgIpc) is 2.95. The molecule has 0 aliphatic carbocycles. The van der Waals surface area contributed by atoms with Crippen LogP contribution in [0.2, 0.25) is 0 Å². The van der Waals surface area contributed by atoms with Crippen LogP contribution in [-0.2, 0) is 6.54 Å². The van der Waals surface area contributed by atoms with Crippen LogP contribution in [0.4, 0.5) is 19.0 Å². The molecule has 0 aromatic carbocycles. The first kappa shape index (κ1) is 20.9. The van der Waals surface area contributed by atoms with E-state index in [0.29, 0.717) is 54.5 Å². The first-order valence-electron chi connectivity index (χ1n) is 9.28. The molecule has 1 aliphatic heterocycles. The Morgan fingerprint density at radius 1 is 1.24 bits per heavy atom. The van der Waals surface area contributed by atoms with E-state index in [1.54, 1.807) is 32.2 Å². The highest BCUT2D eigenvalue weighted by Gasteiger charge is 2.30. The van der Waals surface area contributed by atoms with Gasteiger partial charge in [0.1, 0.15) is 18.4 Å². The third kappa shape index (κ3) is 4.77. The Bertz CT molecular complexity index is 937. The number of aryl methyl sites for hydroxylation is 1. The first-order valence-corrected chi connectivity index (χ1v) is 9.28. The smallest absolute Gasteiger partial charge is 0.353 e. The summed E-state index contributed by atoms with van der Waals surface area (Å²) in [6.07, 6.45) is -2.69. The van der Waals surface area contributed by atoms with E-state index in [-0.39, 0.29) is 12.3 Å². The molecular formula is C20H22F3N5O. The number of ketones is 1. The second kappa shape index (κ2) is 8.25. The molecule has 9 heteroatoms. The van der Waals surface area contributed by atoms with Crippen LogP contribution >= 0.6 is 0 Å². The van der Waals surface area contributed by atoms with Crippen LogP contribution in [0.1, 0.15) is 27.3 Å². The van der Waals surface area contributed by atoms with Gasteiger partial charge in [-0.15, -0.1) is 0 Å². The number of rotatable bonds is 5. The van der Waals surface area contributed by atoms with Crippen LogP contribution in [-0.4, -0.2) is 59.1 Å². The van der Waals surface area contributed by atoms with Gasteiger partial charge in [-0.05, 0) is 32.0 Å². The zero-order valence-electron chi connectivity index (χ0n) is 16.3. The van der Waals surface area contributed by atoms with E-state index in [2.05, 4.69) is 11.1 Å². The molecule has 0 saturated carbocycles. The third-order valence-corrected chi connectivity index (χ3v) is 5.16. The van der Waals surface area contributed by atoms with E-state index in [1.165, 1.54) is 6.07 Å². The molecule has 1 saturated heterocycles. The molecule has 1 aliphatic rings. The predicted octanol–water partition coefficient (Wildman–Crippen LogP) is 2.94. The van der Waals surface area contributed by atoms with Crippen LogP contribution in [0, 0.1) is 25.2 Å². The molecule has 0 spiro atoms. The molecule has 3 rings (SSSR count). The van der Waals surface area contributed by atoms with Gasteiger partial charge in [-0.1, -0.05) is 0 Å². The second-order valence-corrected chi connectivity index (χ2v) is 7.16. The van der Waals surface area contributed by atoms with Crippen LogP contribution in [0.25, 0.3) is 0 Å². The zero-order chi connectivity index (χ0) is 21.2. The minimum Gasteiger partial charge on any atom is -0.353 e. The summed E-state index contributed by atoms with van der Waals surface area (Å²) in [5.41, 5.74) is 1.61. The number of piperazine rings is 1. The van der Waals surface area contributed by atoms with Crippen molar-refractivity contribution in [2.75, 3.05) is 37.6 Å². The standard InChI is InChI=1S/C20H22F3N5O/c1-14-10-17(15(2)28(14)13-20(21,22)23)18(29)12-26-6-8-27(9-7-26)19-16(11-24)4-3-5-25-19/h3-5,10H,6-9,12-13H2,1-2H3. The number of hydrogen-bond acceptors (Lipinski definition) is 5. The maximum Gasteiger partial charge on any atom is 0.406 e. The number of pyridine rings is 1. The molecule has 0 radical (unpaired) electrons. The number of carbonyl (C=O) groups excluding carboxylic acids is 1. The van der Waals surface area contributed by atoms with Crippen molar-refractivity contribution < 1.29 is 18.0 Å². The highest BCUT2D eigenvalue weighted by atomic mass is 19.4. The van der Waals surface area contributed by atoms with Gasteiger partial charge in [0, 0.05) is 49.3 Å². The molecule has 154 valence electrons. The minimum absolute atomic E-state index is 0.150. The Balaban J connectivity index is 1.63. The van der Waals surface area contributed by atoms with Crippen molar-refractivity contribution in [2.45, 2.75) is 26.6 Å². The maximum atomic E-state index is 12.8. The molecule has 1 fully saturated rings. The molecule has 3 heterocycles. The summed E-state index contributed by atoms with van der Waals surface area (Å²) >= 11 is 0. The molecular weight excluding hydrogens is 383 g/mol. The Morgan fingerprint density at radius 3 is 2.55 bits per heavy atom. The number of aromatic nitrogens is 2. The van der Waals surface area contributed by atoms with Gasteiger partial charge in [-0.2, -0.15) is 18.4 Å². The van der Waals surface area contributed by atoms with Crippen molar-refractivity contribution in [3.8, 4) is 6.07 Å². The fraction of sp³-hybridized carbons (Fsp3) is 0.450. The number of carbonyl (C=O) groups is 1. The van der Waals surface area contributed by atoms with Gasteiger partial charge in [0.25, 0.3) is 0 Å². The molecule has 0 atom stereocenters. The first-order chi connectivity index (χ1) is 13.7. The summed E-state index contributed by atoms with van der Waals surface area (Å²) in [5, 5.41) is 9.22. The number of halogens is 3. The molecule has 2 aromatic heterocycles. The van der Waals surface area contributed by atoms with Crippen molar-refractivity contribution in [3.05, 3.63) is 46.9 Å². The summed E-state index contributed by atoms with van der Waals surface area (Å²) in [7, 11) is 0. The third-order valence-electron chi connectivity index (χ3n) is 5.16. The fourth-order valence-corrected chi connectivity index (χ4v) is 3.65. The van der Waals surface area contributed by atoms with Crippen molar-refractivity contribution in [3.63, 3.8) is 0 Å². The van der Waals surface area contributed by atoms with Crippen molar-refractivity contribution in [2.24, 2.45) is 0 Å². The molecule has 0 N–H and O–H groups in total. The number of nitriles is 1. The Morgan fingerprint density at radius 2 is 1.93 bits per heavy atom. The monoisotopic (exact) mass is 405 g/mol. The van der Waals surface area contributed by atoms with E-state index in [9.17, 15) is 23.2 Å². The number of anilines is 1. The summed E-state index contributed by atoms with van der Waals surface area (Å²) in [6, 6.07) is 7.10. The summed E-state index contributed by atoms with van der Waals surface area (Å²) in [4.78, 5) is 21.0. The number of nitrogens with zero attached hydrogens (tertiary/aromatic N) is 5. The molecule has 6 nitrogen and oxygen atoms in total. The van der Waals surface area contributed by atoms with Crippen molar-refractivity contribution >= 4 is 11.6 Å². The molecule has 29 heavy (non-hydrogen) atoms. The Labute approximate surface area is 167 Å². The lowest BCUT2D eigenvalue weighted by atomic mass is 10.1. The zero-order valence-corrected chi connectivity index (χ0v) is 16.3. The van der Waals surface area contributed by atoms with Gasteiger partial charge in [-0.25, -0.2) is 4.98 Å². The van der Waals surface area contributed by atoms with E-state index in [1.807, 2.05) is 9.80 Å². The lowest BCUT2D eigenvalue weighted by Crippen LogP contribution is -2.48. The van der Waals surface area contributed by atoms with Crippen molar-refractivity contribution in [1.82, 2.24) is 14.5 Å². The quantitative estimate of drug-likeness (QED) is 0.716. The largest absolute Gasteiger partial charge is 0.406 e. The summed E-state index contributed by atoms with van der Waals surface area (Å²) in [5.74, 6) is 0.451. The number of hydrogen-bond donors (Lipinski definition) is 0.